The maximum atomic E-state index is 12.3. The van der Waals surface area contributed by atoms with E-state index in [4.69, 9.17) is 21.1 Å². The molecular formula is C27H29ClN6O4. The molecule has 1 heterocycles. The van der Waals surface area contributed by atoms with Gasteiger partial charge in [0.25, 0.3) is 0 Å². The highest BCUT2D eigenvalue weighted by molar-refractivity contribution is 6.33. The maximum Gasteiger partial charge on any atom is 0.335 e. The topological polar surface area (TPSA) is 126 Å². The van der Waals surface area contributed by atoms with Gasteiger partial charge in [0.15, 0.2) is 5.82 Å². The monoisotopic (exact) mass is 536 g/mol. The van der Waals surface area contributed by atoms with E-state index in [1.54, 1.807) is 26.2 Å². The van der Waals surface area contributed by atoms with Crippen molar-refractivity contribution in [2.75, 3.05) is 35.0 Å². The Bertz CT molecular complexity index is 1380. The van der Waals surface area contributed by atoms with Gasteiger partial charge in [-0.3, -0.25) is 4.79 Å². The number of carbonyl (C=O) groups is 2. The van der Waals surface area contributed by atoms with Crippen LogP contribution in [0.2, 0.25) is 5.02 Å². The first-order chi connectivity index (χ1) is 18.4. The number of anilines is 6. The summed E-state index contributed by atoms with van der Waals surface area (Å²) in [5, 5.41) is 12.7. The fourth-order valence-corrected chi connectivity index (χ4v) is 4.16. The lowest BCUT2D eigenvalue weighted by Gasteiger charge is -2.16. The van der Waals surface area contributed by atoms with Gasteiger partial charge in [-0.25, -0.2) is 9.78 Å². The minimum atomic E-state index is -0.276. The standard InChI is InChI=1S/C27H29ClN6O4/c1-4-38-26(36)18-8-7-11-20(18)31-17-12-13-23(24(14-17)37-3)33-27-29-15-19(28)25(34-27)32-22-10-6-5-9-21(22)30-16(2)35/h5-6,9-10,12-15,31H,4,7-8,11H2,1-3H3,(H,30,35)(H2,29,32,33,34). The van der Waals surface area contributed by atoms with Crippen LogP contribution in [0.1, 0.15) is 33.1 Å². The van der Waals surface area contributed by atoms with Crippen LogP contribution in [-0.2, 0) is 14.3 Å². The minimum absolute atomic E-state index is 0.193. The van der Waals surface area contributed by atoms with Gasteiger partial charge >= 0.3 is 5.97 Å². The lowest BCUT2D eigenvalue weighted by molar-refractivity contribution is -0.138. The molecule has 3 aromatic rings. The smallest absolute Gasteiger partial charge is 0.335 e. The van der Waals surface area contributed by atoms with Crippen molar-refractivity contribution in [1.29, 1.82) is 0 Å². The zero-order valence-corrected chi connectivity index (χ0v) is 22.1. The molecule has 1 aliphatic carbocycles. The van der Waals surface area contributed by atoms with Gasteiger partial charge in [0, 0.05) is 24.4 Å². The fourth-order valence-electron chi connectivity index (χ4n) is 4.03. The van der Waals surface area contributed by atoms with Gasteiger partial charge in [-0.05, 0) is 50.5 Å². The fraction of sp³-hybridized carbons (Fsp3) is 0.259. The second kappa shape index (κ2) is 12.3. The predicted octanol–water partition coefficient (Wildman–Crippen LogP) is 6.00. The number of aromatic nitrogens is 2. The van der Waals surface area contributed by atoms with Crippen LogP contribution in [0.3, 0.4) is 0 Å². The highest BCUT2D eigenvalue weighted by Gasteiger charge is 2.22. The normalized spacial score (nSPS) is 12.6. The van der Waals surface area contributed by atoms with Gasteiger partial charge in [0.1, 0.15) is 10.8 Å². The molecule has 0 unspecified atom stereocenters. The number of hydrogen-bond acceptors (Lipinski definition) is 9. The zero-order valence-electron chi connectivity index (χ0n) is 21.4. The lowest BCUT2D eigenvalue weighted by Crippen LogP contribution is -2.10. The van der Waals surface area contributed by atoms with Crippen LogP contribution in [0.25, 0.3) is 0 Å². The molecule has 1 aromatic heterocycles. The number of rotatable bonds is 10. The average molecular weight is 537 g/mol. The highest BCUT2D eigenvalue weighted by atomic mass is 35.5. The van der Waals surface area contributed by atoms with Gasteiger partial charge in [0.2, 0.25) is 11.9 Å². The van der Waals surface area contributed by atoms with Gasteiger partial charge in [0.05, 0.1) is 42.5 Å². The number of nitrogens with zero attached hydrogens (tertiary/aromatic N) is 2. The van der Waals surface area contributed by atoms with E-state index >= 15 is 0 Å². The van der Waals surface area contributed by atoms with Crippen molar-refractivity contribution in [3.05, 3.63) is 65.0 Å². The SMILES string of the molecule is CCOC(=O)C1=C(Nc2ccc(Nc3ncc(Cl)c(Nc4ccccc4NC(C)=O)n3)c(OC)c2)CCC1. The maximum absolute atomic E-state index is 12.3. The van der Waals surface area contributed by atoms with E-state index in [1.807, 2.05) is 30.3 Å². The van der Waals surface area contributed by atoms with Crippen molar-refractivity contribution in [1.82, 2.24) is 9.97 Å². The van der Waals surface area contributed by atoms with Crippen molar-refractivity contribution in [3.63, 3.8) is 0 Å². The van der Waals surface area contributed by atoms with Crippen molar-refractivity contribution >= 4 is 58.0 Å². The summed E-state index contributed by atoms with van der Waals surface area (Å²) in [6, 6.07) is 12.8. The van der Waals surface area contributed by atoms with Crippen molar-refractivity contribution in [3.8, 4) is 5.75 Å². The molecule has 2 aromatic carbocycles. The molecule has 0 fully saturated rings. The Labute approximate surface area is 225 Å². The number of nitrogens with one attached hydrogen (secondary N) is 4. The third-order valence-corrected chi connectivity index (χ3v) is 5.99. The van der Waals surface area contributed by atoms with Crippen molar-refractivity contribution in [2.24, 2.45) is 0 Å². The Kier molecular flexibility index (Phi) is 8.65. The zero-order chi connectivity index (χ0) is 27.1. The highest BCUT2D eigenvalue weighted by Crippen LogP contribution is 2.34. The number of benzene rings is 2. The summed E-state index contributed by atoms with van der Waals surface area (Å²) in [6.07, 6.45) is 3.84. The van der Waals surface area contributed by atoms with Crippen LogP contribution < -0.4 is 26.0 Å². The number of methoxy groups -OCH3 is 1. The molecular weight excluding hydrogens is 508 g/mol. The average Bonchev–Trinajstić information content (AvgIpc) is 3.36. The van der Waals surface area contributed by atoms with E-state index in [0.29, 0.717) is 52.3 Å². The molecule has 11 heteroatoms. The van der Waals surface area contributed by atoms with Gasteiger partial charge < -0.3 is 30.7 Å². The second-order valence-corrected chi connectivity index (χ2v) is 8.85. The molecule has 4 N–H and O–H groups in total. The van der Waals surface area contributed by atoms with Crippen LogP contribution >= 0.6 is 11.6 Å². The van der Waals surface area contributed by atoms with E-state index in [0.717, 1.165) is 24.2 Å². The Balaban J connectivity index is 1.53. The Morgan fingerprint density at radius 2 is 1.82 bits per heavy atom. The Morgan fingerprint density at radius 1 is 1.03 bits per heavy atom. The van der Waals surface area contributed by atoms with Gasteiger partial charge in [-0.2, -0.15) is 4.98 Å². The molecule has 38 heavy (non-hydrogen) atoms. The second-order valence-electron chi connectivity index (χ2n) is 8.44. The number of halogens is 1. The summed E-state index contributed by atoms with van der Waals surface area (Å²) in [6.45, 7) is 3.58. The Morgan fingerprint density at radius 3 is 2.55 bits per heavy atom. The Hall–Kier alpha value is -4.31. The molecule has 4 rings (SSSR count). The molecule has 0 bridgehead atoms. The molecule has 0 spiro atoms. The number of esters is 1. The molecule has 1 aliphatic rings. The van der Waals surface area contributed by atoms with Crippen molar-refractivity contribution in [2.45, 2.75) is 33.1 Å². The molecule has 0 saturated carbocycles. The van der Waals surface area contributed by atoms with E-state index in [9.17, 15) is 9.59 Å². The predicted molar refractivity (Wildman–Crippen MR) is 148 cm³/mol. The summed E-state index contributed by atoms with van der Waals surface area (Å²) >= 11 is 6.35. The van der Waals surface area contributed by atoms with E-state index in [2.05, 4.69) is 31.2 Å². The summed E-state index contributed by atoms with van der Waals surface area (Å²) in [5.74, 6) is 0.730. The third-order valence-electron chi connectivity index (χ3n) is 5.72. The molecule has 10 nitrogen and oxygen atoms in total. The minimum Gasteiger partial charge on any atom is -0.494 e. The third kappa shape index (κ3) is 6.51. The number of amides is 1. The first-order valence-electron chi connectivity index (χ1n) is 12.1. The molecule has 1 amide bonds. The van der Waals surface area contributed by atoms with Crippen molar-refractivity contribution < 1.29 is 19.1 Å². The molecule has 0 radical (unpaired) electrons. The van der Waals surface area contributed by atoms with Gasteiger partial charge in [-0.15, -0.1) is 0 Å². The lowest BCUT2D eigenvalue weighted by atomic mass is 10.2. The molecule has 198 valence electrons. The van der Waals surface area contributed by atoms with Crippen LogP contribution in [0.15, 0.2) is 59.9 Å². The number of para-hydroxylation sites is 2. The van der Waals surface area contributed by atoms with Crippen LogP contribution in [0.4, 0.5) is 34.5 Å². The molecule has 0 atom stereocenters. The number of carbonyl (C=O) groups excluding carboxylic acids is 2. The van der Waals surface area contributed by atoms with E-state index in [-0.39, 0.29) is 17.8 Å². The summed E-state index contributed by atoms with van der Waals surface area (Å²) in [4.78, 5) is 32.6. The number of allylic oxidation sites excluding steroid dienone is 1. The first kappa shape index (κ1) is 26.7. The number of hydrogen-bond donors (Lipinski definition) is 4. The van der Waals surface area contributed by atoms with E-state index < -0.39 is 0 Å². The molecule has 0 saturated heterocycles. The largest absolute Gasteiger partial charge is 0.494 e. The summed E-state index contributed by atoms with van der Waals surface area (Å²) in [5.41, 5.74) is 4.18. The summed E-state index contributed by atoms with van der Waals surface area (Å²) < 4.78 is 10.8. The van der Waals surface area contributed by atoms with Crippen LogP contribution in [0.5, 0.6) is 5.75 Å². The van der Waals surface area contributed by atoms with Crippen LogP contribution in [0, 0.1) is 0 Å². The molecule has 0 aliphatic heterocycles. The summed E-state index contributed by atoms with van der Waals surface area (Å²) in [7, 11) is 1.57. The van der Waals surface area contributed by atoms with Crippen LogP contribution in [-0.4, -0.2) is 35.6 Å². The first-order valence-corrected chi connectivity index (χ1v) is 12.5. The quantitative estimate of drug-likeness (QED) is 0.231. The van der Waals surface area contributed by atoms with Gasteiger partial charge in [-0.1, -0.05) is 23.7 Å². The number of ether oxygens (including phenoxy) is 2. The van der Waals surface area contributed by atoms with E-state index in [1.165, 1.54) is 13.1 Å².